The van der Waals surface area contributed by atoms with Crippen molar-refractivity contribution in [3.8, 4) is 0 Å². The number of aliphatic hydroxyl groups excluding tert-OH is 5. The van der Waals surface area contributed by atoms with Crippen LogP contribution in [-0.4, -0.2) is 87.5 Å². The van der Waals surface area contributed by atoms with E-state index in [2.05, 4.69) is 26.1 Å². The van der Waals surface area contributed by atoms with Crippen molar-refractivity contribution in [2.75, 3.05) is 13.2 Å². The number of aliphatic hydroxyl groups is 5. The number of ether oxygens (including phenoxy) is 2. The van der Waals surface area contributed by atoms with Crippen molar-refractivity contribution in [1.82, 2.24) is 5.32 Å². The Morgan fingerprint density at radius 3 is 1.73 bits per heavy atom. The first-order chi connectivity index (χ1) is 25.2. The Balaban J connectivity index is 2.39. The van der Waals surface area contributed by atoms with Crippen LogP contribution in [0.25, 0.3) is 0 Å². The molecule has 308 valence electrons. The van der Waals surface area contributed by atoms with Gasteiger partial charge in [-0.2, -0.15) is 0 Å². The molecular formula is C43H83NO8. The monoisotopic (exact) mass is 742 g/mol. The second-order valence-electron chi connectivity index (χ2n) is 15.7. The molecule has 0 aromatic carbocycles. The van der Waals surface area contributed by atoms with Crippen molar-refractivity contribution in [3.63, 3.8) is 0 Å². The molecule has 0 aromatic heterocycles. The Morgan fingerprint density at radius 1 is 0.712 bits per heavy atom. The average molecular weight is 742 g/mol. The number of amides is 1. The minimum absolute atomic E-state index is 0.176. The lowest BCUT2D eigenvalue weighted by Crippen LogP contribution is -2.60. The van der Waals surface area contributed by atoms with E-state index in [0.29, 0.717) is 6.42 Å². The standard InChI is InChI=1S/C43H83NO8/c1-4-6-7-8-9-10-11-12-13-14-15-20-23-26-29-32-39(47)44-36(34-51-43-42(50)41(49)40(48)38(33-45)52-43)37(46)31-28-25-22-19-17-16-18-21-24-27-30-35(3)5-2/h28,31,35-38,40-43,45-46,48-50H,4-27,29-30,32-34H2,1-3H3,(H,44,47). The van der Waals surface area contributed by atoms with Gasteiger partial charge in [-0.05, 0) is 25.2 Å². The smallest absolute Gasteiger partial charge is 0.220 e. The van der Waals surface area contributed by atoms with Crippen molar-refractivity contribution in [3.05, 3.63) is 12.2 Å². The zero-order chi connectivity index (χ0) is 38.2. The number of hydrogen-bond acceptors (Lipinski definition) is 8. The highest BCUT2D eigenvalue weighted by atomic mass is 16.7. The third kappa shape index (κ3) is 24.4. The molecule has 0 spiro atoms. The molecule has 8 atom stereocenters. The van der Waals surface area contributed by atoms with Crippen molar-refractivity contribution in [2.45, 2.75) is 237 Å². The molecule has 9 nitrogen and oxygen atoms in total. The maximum Gasteiger partial charge on any atom is 0.220 e. The zero-order valence-corrected chi connectivity index (χ0v) is 33.7. The second-order valence-corrected chi connectivity index (χ2v) is 15.7. The van der Waals surface area contributed by atoms with E-state index in [1.807, 2.05) is 6.08 Å². The van der Waals surface area contributed by atoms with E-state index in [1.165, 1.54) is 128 Å². The molecule has 0 bridgehead atoms. The van der Waals surface area contributed by atoms with Gasteiger partial charge in [0.25, 0.3) is 0 Å². The molecule has 1 heterocycles. The molecule has 0 radical (unpaired) electrons. The largest absolute Gasteiger partial charge is 0.394 e. The molecule has 8 unspecified atom stereocenters. The highest BCUT2D eigenvalue weighted by molar-refractivity contribution is 5.76. The predicted molar refractivity (Wildman–Crippen MR) is 212 cm³/mol. The van der Waals surface area contributed by atoms with Gasteiger partial charge in [-0.1, -0.05) is 181 Å². The Labute approximate surface area is 318 Å². The summed E-state index contributed by atoms with van der Waals surface area (Å²) < 4.78 is 11.2. The molecule has 1 aliphatic heterocycles. The lowest BCUT2D eigenvalue weighted by molar-refractivity contribution is -0.302. The third-order valence-corrected chi connectivity index (χ3v) is 10.9. The molecule has 9 heteroatoms. The van der Waals surface area contributed by atoms with Gasteiger partial charge in [0.1, 0.15) is 24.4 Å². The van der Waals surface area contributed by atoms with Crippen LogP contribution >= 0.6 is 0 Å². The first kappa shape index (κ1) is 48.9. The van der Waals surface area contributed by atoms with Crippen molar-refractivity contribution in [1.29, 1.82) is 0 Å². The number of carbonyl (C=O) groups excluding carboxylic acids is 1. The summed E-state index contributed by atoms with van der Waals surface area (Å²) >= 11 is 0. The molecule has 6 N–H and O–H groups in total. The fraction of sp³-hybridized carbons (Fsp3) is 0.930. The summed E-state index contributed by atoms with van der Waals surface area (Å²) in [6, 6.07) is -0.798. The number of allylic oxidation sites excluding steroid dienone is 1. The van der Waals surface area contributed by atoms with E-state index in [9.17, 15) is 30.3 Å². The van der Waals surface area contributed by atoms with E-state index in [4.69, 9.17) is 9.47 Å². The molecule has 1 saturated heterocycles. The van der Waals surface area contributed by atoms with Gasteiger partial charge in [-0.25, -0.2) is 0 Å². The lowest BCUT2D eigenvalue weighted by Gasteiger charge is -2.40. The first-order valence-electron chi connectivity index (χ1n) is 21.8. The van der Waals surface area contributed by atoms with Crippen LogP contribution in [0.5, 0.6) is 0 Å². The number of nitrogens with one attached hydrogen (secondary N) is 1. The van der Waals surface area contributed by atoms with Crippen LogP contribution in [0.3, 0.4) is 0 Å². The fourth-order valence-electron chi connectivity index (χ4n) is 6.95. The molecule has 1 aliphatic rings. The first-order valence-corrected chi connectivity index (χ1v) is 21.8. The molecule has 0 aromatic rings. The van der Waals surface area contributed by atoms with Gasteiger partial charge in [0.15, 0.2) is 6.29 Å². The minimum Gasteiger partial charge on any atom is -0.394 e. The van der Waals surface area contributed by atoms with Gasteiger partial charge in [0.05, 0.1) is 25.4 Å². The van der Waals surface area contributed by atoms with Gasteiger partial charge in [-0.15, -0.1) is 0 Å². The third-order valence-electron chi connectivity index (χ3n) is 10.9. The topological polar surface area (TPSA) is 149 Å². The molecule has 0 aliphatic carbocycles. The average Bonchev–Trinajstić information content (AvgIpc) is 3.14. The number of hydrogen-bond donors (Lipinski definition) is 6. The van der Waals surface area contributed by atoms with E-state index < -0.39 is 49.5 Å². The summed E-state index contributed by atoms with van der Waals surface area (Å²) in [6.45, 7) is 6.12. The predicted octanol–water partition coefficient (Wildman–Crippen LogP) is 8.41. The number of carbonyl (C=O) groups is 1. The molecule has 1 amide bonds. The number of rotatable bonds is 35. The summed E-state index contributed by atoms with van der Waals surface area (Å²) in [5.41, 5.74) is 0. The summed E-state index contributed by atoms with van der Waals surface area (Å²) in [5.74, 6) is 0.668. The summed E-state index contributed by atoms with van der Waals surface area (Å²) in [7, 11) is 0. The Hall–Kier alpha value is -1.07. The Kier molecular flexibility index (Phi) is 31.3. The van der Waals surface area contributed by atoms with E-state index >= 15 is 0 Å². The SMILES string of the molecule is CCCCCCCCCCCCCCCCCC(=O)NC(COC1OC(CO)C(O)C(O)C1O)C(O)C=CCCCCCCCCCCC(C)CC. The highest BCUT2D eigenvalue weighted by Gasteiger charge is 2.44. The quantitative estimate of drug-likeness (QED) is 0.0280. The summed E-state index contributed by atoms with van der Waals surface area (Å²) in [4.78, 5) is 12.9. The second kappa shape index (κ2) is 33.3. The summed E-state index contributed by atoms with van der Waals surface area (Å²) in [5, 5.41) is 54.1. The fourth-order valence-corrected chi connectivity index (χ4v) is 6.95. The molecule has 52 heavy (non-hydrogen) atoms. The van der Waals surface area contributed by atoms with Gasteiger partial charge >= 0.3 is 0 Å². The Morgan fingerprint density at radius 2 is 1.21 bits per heavy atom. The lowest BCUT2D eigenvalue weighted by atomic mass is 9.99. The van der Waals surface area contributed by atoms with Crippen molar-refractivity contribution in [2.24, 2.45) is 5.92 Å². The zero-order valence-electron chi connectivity index (χ0n) is 33.7. The summed E-state index contributed by atoms with van der Waals surface area (Å²) in [6.07, 6.45) is 28.2. The molecule has 0 saturated carbocycles. The molecule has 1 rings (SSSR count). The highest BCUT2D eigenvalue weighted by Crippen LogP contribution is 2.23. The molecular weight excluding hydrogens is 658 g/mol. The van der Waals surface area contributed by atoms with E-state index in [0.717, 1.165) is 44.4 Å². The van der Waals surface area contributed by atoms with E-state index in [-0.39, 0.29) is 12.5 Å². The van der Waals surface area contributed by atoms with Gasteiger partial charge in [0.2, 0.25) is 5.91 Å². The normalized spacial score (nSPS) is 22.5. The van der Waals surface area contributed by atoms with Crippen LogP contribution < -0.4 is 5.32 Å². The number of unbranched alkanes of at least 4 members (excludes halogenated alkanes) is 22. The van der Waals surface area contributed by atoms with Gasteiger partial charge in [0, 0.05) is 6.42 Å². The van der Waals surface area contributed by atoms with Crippen LogP contribution in [0, 0.1) is 5.92 Å². The van der Waals surface area contributed by atoms with E-state index in [1.54, 1.807) is 6.08 Å². The van der Waals surface area contributed by atoms with Crippen LogP contribution in [0.4, 0.5) is 0 Å². The van der Waals surface area contributed by atoms with Crippen LogP contribution in [0.2, 0.25) is 0 Å². The van der Waals surface area contributed by atoms with Crippen LogP contribution in [-0.2, 0) is 14.3 Å². The Bertz CT molecular complexity index is 842. The molecule has 1 fully saturated rings. The van der Waals surface area contributed by atoms with Gasteiger partial charge in [-0.3, -0.25) is 4.79 Å². The van der Waals surface area contributed by atoms with Gasteiger partial charge < -0.3 is 40.3 Å². The van der Waals surface area contributed by atoms with Crippen molar-refractivity contribution < 1.29 is 39.8 Å². The maximum atomic E-state index is 12.9. The van der Waals surface area contributed by atoms with Crippen molar-refractivity contribution >= 4 is 5.91 Å². The van der Waals surface area contributed by atoms with Crippen LogP contribution in [0.1, 0.15) is 194 Å². The van der Waals surface area contributed by atoms with Crippen LogP contribution in [0.15, 0.2) is 12.2 Å². The minimum atomic E-state index is -1.56. The maximum absolute atomic E-state index is 12.9.